The number of carbonyl (C=O) groups excluding carboxylic acids is 5. The van der Waals surface area contributed by atoms with Gasteiger partial charge in [0.25, 0.3) is 0 Å². The number of imide groups is 2. The third-order valence-electron chi connectivity index (χ3n) is 9.87. The SMILES string of the molecule is CCOC(=O)C1=C(C)C2[C@@H]3C(=O)N(c4ccc(C)cc4C)C(=O)[C@H]3C1(C)[C@H]1C(=O)N(c3ccc(C)cc3C)C(=O)[C@@H]21. The summed E-state index contributed by atoms with van der Waals surface area (Å²) in [6.45, 7) is 12.8. The number of carbonyl (C=O) groups is 5. The van der Waals surface area contributed by atoms with Crippen LogP contribution in [0.25, 0.3) is 0 Å². The van der Waals surface area contributed by atoms with E-state index in [1.807, 2.05) is 52.0 Å². The minimum Gasteiger partial charge on any atom is -0.463 e. The average molecular weight is 555 g/mol. The van der Waals surface area contributed by atoms with E-state index in [4.69, 9.17) is 4.74 Å². The van der Waals surface area contributed by atoms with Crippen molar-refractivity contribution in [1.29, 1.82) is 0 Å². The summed E-state index contributed by atoms with van der Waals surface area (Å²) in [4.78, 5) is 73.2. The molecule has 2 heterocycles. The Labute approximate surface area is 239 Å². The lowest BCUT2D eigenvalue weighted by molar-refractivity contribution is -0.155. The topological polar surface area (TPSA) is 101 Å². The van der Waals surface area contributed by atoms with Crippen LogP contribution in [0.1, 0.15) is 43.0 Å². The Bertz CT molecular complexity index is 1520. The van der Waals surface area contributed by atoms with Crippen LogP contribution in [0.15, 0.2) is 47.5 Å². The summed E-state index contributed by atoms with van der Waals surface area (Å²) >= 11 is 0. The molecule has 2 bridgehead atoms. The predicted octanol–water partition coefficient (Wildman–Crippen LogP) is 4.36. The van der Waals surface area contributed by atoms with Gasteiger partial charge in [-0.25, -0.2) is 14.6 Å². The largest absolute Gasteiger partial charge is 0.463 e. The number of allylic oxidation sites excluding steroid dienone is 1. The molecule has 2 aliphatic heterocycles. The lowest BCUT2D eigenvalue weighted by Gasteiger charge is -2.55. The van der Waals surface area contributed by atoms with Crippen LogP contribution in [0.5, 0.6) is 0 Å². The first-order valence-electron chi connectivity index (χ1n) is 14.1. The van der Waals surface area contributed by atoms with Crippen molar-refractivity contribution in [3.05, 3.63) is 69.8 Å². The Morgan fingerprint density at radius 2 is 1.17 bits per heavy atom. The molecule has 5 aliphatic rings. The zero-order valence-electron chi connectivity index (χ0n) is 24.4. The van der Waals surface area contributed by atoms with Crippen molar-refractivity contribution in [1.82, 2.24) is 0 Å². The highest BCUT2D eigenvalue weighted by atomic mass is 16.5. The van der Waals surface area contributed by atoms with Gasteiger partial charge in [0.1, 0.15) is 0 Å². The Morgan fingerprint density at radius 1 is 0.732 bits per heavy atom. The predicted molar refractivity (Wildman–Crippen MR) is 152 cm³/mol. The third-order valence-corrected chi connectivity index (χ3v) is 9.87. The van der Waals surface area contributed by atoms with E-state index in [1.54, 1.807) is 32.9 Å². The maximum absolute atomic E-state index is 14.4. The molecule has 2 aromatic carbocycles. The molecule has 1 saturated carbocycles. The Balaban J connectivity index is 1.55. The molecule has 8 heteroatoms. The van der Waals surface area contributed by atoms with Gasteiger partial charge < -0.3 is 4.74 Å². The van der Waals surface area contributed by atoms with Crippen LogP contribution in [-0.4, -0.2) is 36.2 Å². The molecule has 0 radical (unpaired) electrons. The van der Waals surface area contributed by atoms with E-state index in [0.29, 0.717) is 16.9 Å². The molecule has 0 N–H and O–H groups in total. The van der Waals surface area contributed by atoms with Gasteiger partial charge in [-0.1, -0.05) is 47.9 Å². The van der Waals surface area contributed by atoms with Crippen LogP contribution in [0.2, 0.25) is 0 Å². The maximum atomic E-state index is 14.4. The van der Waals surface area contributed by atoms with Crippen molar-refractivity contribution in [3.8, 4) is 0 Å². The van der Waals surface area contributed by atoms with E-state index in [1.165, 1.54) is 9.80 Å². The number of hydrogen-bond donors (Lipinski definition) is 0. The van der Waals surface area contributed by atoms with E-state index in [0.717, 1.165) is 22.3 Å². The second kappa shape index (κ2) is 8.96. The Hall–Kier alpha value is -4.07. The van der Waals surface area contributed by atoms with Gasteiger partial charge in [-0.05, 0) is 64.8 Å². The van der Waals surface area contributed by atoms with Crippen molar-refractivity contribution in [2.45, 2.75) is 48.5 Å². The molecule has 41 heavy (non-hydrogen) atoms. The highest BCUT2D eigenvalue weighted by Gasteiger charge is 2.77. The van der Waals surface area contributed by atoms with Gasteiger partial charge in [-0.2, -0.15) is 0 Å². The van der Waals surface area contributed by atoms with Gasteiger partial charge in [-0.3, -0.25) is 19.2 Å². The van der Waals surface area contributed by atoms with Gasteiger partial charge in [-0.15, -0.1) is 0 Å². The summed E-state index contributed by atoms with van der Waals surface area (Å²) in [5.41, 5.74) is 3.89. The van der Waals surface area contributed by atoms with Gasteiger partial charge in [0, 0.05) is 16.9 Å². The first-order valence-corrected chi connectivity index (χ1v) is 14.1. The van der Waals surface area contributed by atoms with Crippen molar-refractivity contribution in [3.63, 3.8) is 0 Å². The number of benzene rings is 2. The van der Waals surface area contributed by atoms with E-state index in [9.17, 15) is 24.0 Å². The van der Waals surface area contributed by atoms with Crippen LogP contribution in [0.4, 0.5) is 11.4 Å². The molecule has 212 valence electrons. The molecule has 2 unspecified atom stereocenters. The summed E-state index contributed by atoms with van der Waals surface area (Å²) in [5, 5.41) is 0. The molecule has 7 rings (SSSR count). The molecule has 3 fully saturated rings. The third kappa shape index (κ3) is 3.36. The molecule has 6 atom stereocenters. The van der Waals surface area contributed by atoms with Crippen molar-refractivity contribution < 1.29 is 28.7 Å². The highest BCUT2D eigenvalue weighted by Crippen LogP contribution is 2.69. The fourth-order valence-corrected chi connectivity index (χ4v) is 8.40. The molecular weight excluding hydrogens is 520 g/mol. The molecular formula is C33H34N2O6. The minimum absolute atomic E-state index is 0.113. The van der Waals surface area contributed by atoms with Gasteiger partial charge in [0.2, 0.25) is 23.6 Å². The monoisotopic (exact) mass is 554 g/mol. The standard InChI is InChI=1S/C33H34N2O6/c1-8-41-32(40)25-19(6)22-23-26(30(38)34(28(23)36)20-11-9-15(2)13-17(20)4)33(25,7)27-24(22)29(37)35(31(27)39)21-12-10-16(3)14-18(21)5/h9-14,22-24,26-27H,8H2,1-7H3/t22?,23-,24-,26-,27+,33?/m0/s1. The summed E-state index contributed by atoms with van der Waals surface area (Å²) in [6, 6.07) is 11.0. The average Bonchev–Trinajstić information content (AvgIpc) is 3.31. The Morgan fingerprint density at radius 3 is 1.56 bits per heavy atom. The first kappa shape index (κ1) is 27.1. The summed E-state index contributed by atoms with van der Waals surface area (Å²) < 4.78 is 5.46. The second-order valence-corrected chi connectivity index (χ2v) is 12.2. The van der Waals surface area contributed by atoms with Crippen LogP contribution in [0.3, 0.4) is 0 Å². The van der Waals surface area contributed by atoms with Crippen molar-refractivity contribution in [2.24, 2.45) is 35.0 Å². The van der Waals surface area contributed by atoms with Gasteiger partial charge in [0.05, 0.1) is 41.7 Å². The maximum Gasteiger partial charge on any atom is 0.334 e. The van der Waals surface area contributed by atoms with Crippen LogP contribution < -0.4 is 9.80 Å². The highest BCUT2D eigenvalue weighted by molar-refractivity contribution is 6.28. The lowest BCUT2D eigenvalue weighted by atomic mass is 9.43. The van der Waals surface area contributed by atoms with Gasteiger partial charge in [0.15, 0.2) is 0 Å². The number of rotatable bonds is 4. The molecule has 4 amide bonds. The number of anilines is 2. The lowest BCUT2D eigenvalue weighted by Crippen LogP contribution is -2.61. The fraction of sp³-hybridized carbons (Fsp3) is 0.424. The van der Waals surface area contributed by atoms with E-state index in [-0.39, 0.29) is 12.2 Å². The molecule has 2 aromatic rings. The molecule has 0 aromatic heterocycles. The summed E-state index contributed by atoms with van der Waals surface area (Å²) in [7, 11) is 0. The zero-order valence-corrected chi connectivity index (χ0v) is 24.4. The zero-order chi connectivity index (χ0) is 29.7. The van der Waals surface area contributed by atoms with E-state index in [2.05, 4.69) is 0 Å². The van der Waals surface area contributed by atoms with Gasteiger partial charge >= 0.3 is 5.97 Å². The molecule has 2 saturated heterocycles. The number of amides is 4. The quantitative estimate of drug-likeness (QED) is 0.411. The van der Waals surface area contributed by atoms with E-state index < -0.39 is 64.6 Å². The fourth-order valence-electron chi connectivity index (χ4n) is 8.40. The summed E-state index contributed by atoms with van der Waals surface area (Å²) in [6.07, 6.45) is 0. The number of hydrogen-bond acceptors (Lipinski definition) is 6. The molecule has 3 aliphatic carbocycles. The van der Waals surface area contributed by atoms with Crippen molar-refractivity contribution >= 4 is 41.0 Å². The number of ether oxygens (including phenoxy) is 1. The Kier molecular flexibility index (Phi) is 5.93. The summed E-state index contributed by atoms with van der Waals surface area (Å²) in [5.74, 6) is -6.79. The normalized spacial score (nSPS) is 30.4. The number of aryl methyl sites for hydroxylation is 4. The second-order valence-electron chi connectivity index (χ2n) is 12.2. The molecule has 0 spiro atoms. The smallest absolute Gasteiger partial charge is 0.334 e. The van der Waals surface area contributed by atoms with Crippen LogP contribution in [0, 0.1) is 62.7 Å². The van der Waals surface area contributed by atoms with E-state index >= 15 is 0 Å². The first-order chi connectivity index (χ1) is 19.4. The number of nitrogens with zero attached hydrogens (tertiary/aromatic N) is 2. The molecule has 8 nitrogen and oxygen atoms in total. The van der Waals surface area contributed by atoms with Crippen molar-refractivity contribution in [2.75, 3.05) is 16.4 Å². The van der Waals surface area contributed by atoms with Crippen LogP contribution >= 0.6 is 0 Å². The number of esters is 1. The van der Waals surface area contributed by atoms with Crippen LogP contribution in [-0.2, 0) is 28.7 Å². The minimum atomic E-state index is -1.42.